The predicted molar refractivity (Wildman–Crippen MR) is 81.1 cm³/mol. The molecule has 1 amide bonds. The molecule has 5 heteroatoms. The molecular weight excluding hydrogens is 270 g/mol. The molecule has 0 aliphatic rings. The van der Waals surface area contributed by atoms with Crippen LogP contribution in [0.5, 0.6) is 5.75 Å². The van der Waals surface area contributed by atoms with Crippen molar-refractivity contribution in [3.8, 4) is 5.75 Å². The molecule has 2 N–H and O–H groups in total. The van der Waals surface area contributed by atoms with E-state index in [1.54, 1.807) is 13.2 Å². The summed E-state index contributed by atoms with van der Waals surface area (Å²) in [5.41, 5.74) is 0.842. The van der Waals surface area contributed by atoms with Gasteiger partial charge in [0.15, 0.2) is 0 Å². The highest BCUT2D eigenvalue weighted by atomic mass is 16.5. The van der Waals surface area contributed by atoms with Crippen LogP contribution in [0, 0.1) is 0 Å². The average Bonchev–Trinajstić information content (AvgIpc) is 2.45. The number of rotatable bonds is 8. The molecule has 0 spiro atoms. The summed E-state index contributed by atoms with van der Waals surface area (Å²) in [4.78, 5) is 22.5. The number of hydrogen-bond acceptors (Lipinski definition) is 3. The summed E-state index contributed by atoms with van der Waals surface area (Å²) in [7, 11) is 1.58. The number of nitrogens with one attached hydrogen (secondary N) is 1. The van der Waals surface area contributed by atoms with Gasteiger partial charge in [0.2, 0.25) is 5.91 Å². The second kappa shape index (κ2) is 8.79. The Hall–Kier alpha value is -2.30. The maximum atomic E-state index is 11.8. The molecule has 0 saturated carbocycles. The van der Waals surface area contributed by atoms with Crippen LogP contribution in [-0.4, -0.2) is 30.1 Å². The number of hydrogen-bond donors (Lipinski definition) is 2. The zero-order valence-corrected chi connectivity index (χ0v) is 12.3. The monoisotopic (exact) mass is 291 g/mol. The maximum absolute atomic E-state index is 11.8. The Morgan fingerprint density at radius 3 is 2.81 bits per heavy atom. The second-order valence-electron chi connectivity index (χ2n) is 4.70. The van der Waals surface area contributed by atoms with E-state index in [0.29, 0.717) is 12.2 Å². The van der Waals surface area contributed by atoms with E-state index in [9.17, 15) is 9.59 Å². The van der Waals surface area contributed by atoms with E-state index in [4.69, 9.17) is 9.84 Å². The fourth-order valence-electron chi connectivity index (χ4n) is 1.95. The molecule has 0 heterocycles. The molecule has 0 aromatic heterocycles. The van der Waals surface area contributed by atoms with Crippen molar-refractivity contribution >= 4 is 18.0 Å². The Labute approximate surface area is 124 Å². The highest BCUT2D eigenvalue weighted by Crippen LogP contribution is 2.13. The summed E-state index contributed by atoms with van der Waals surface area (Å²) in [6, 6.07) is 6.98. The molecule has 1 atom stereocenters. The quantitative estimate of drug-likeness (QED) is 0.721. The fraction of sp³-hybridized carbons (Fsp3) is 0.375. The van der Waals surface area contributed by atoms with E-state index in [0.717, 1.165) is 12.0 Å². The smallest absolute Gasteiger partial charge is 0.305 e. The molecule has 0 radical (unpaired) electrons. The molecule has 0 aliphatic carbocycles. The van der Waals surface area contributed by atoms with Crippen molar-refractivity contribution < 1.29 is 19.4 Å². The molecule has 1 aromatic carbocycles. The number of carbonyl (C=O) groups excluding carboxylic acids is 1. The number of benzene rings is 1. The van der Waals surface area contributed by atoms with Crippen molar-refractivity contribution in [2.75, 3.05) is 7.11 Å². The number of carbonyl (C=O) groups is 2. The van der Waals surface area contributed by atoms with Crippen LogP contribution >= 0.6 is 0 Å². The Kier molecular flexibility index (Phi) is 7.01. The van der Waals surface area contributed by atoms with Crippen LogP contribution in [0.4, 0.5) is 0 Å². The maximum Gasteiger partial charge on any atom is 0.305 e. The first-order valence-electron chi connectivity index (χ1n) is 6.89. The van der Waals surface area contributed by atoms with Crippen LogP contribution in [0.25, 0.3) is 6.08 Å². The van der Waals surface area contributed by atoms with Crippen LogP contribution < -0.4 is 10.1 Å². The van der Waals surface area contributed by atoms with Gasteiger partial charge in [0.25, 0.3) is 0 Å². The zero-order chi connectivity index (χ0) is 15.7. The Morgan fingerprint density at radius 1 is 1.43 bits per heavy atom. The predicted octanol–water partition coefficient (Wildman–Crippen LogP) is 2.47. The second-order valence-corrected chi connectivity index (χ2v) is 4.70. The molecule has 1 rings (SSSR count). The standard InChI is InChI=1S/C16H21NO4/c1-3-5-13(11-16(19)20)17-15(18)9-8-12-6-4-7-14(10-12)21-2/h4,6-10,13H,3,5,11H2,1-2H3,(H,17,18)(H,19,20)/b9-8+. The number of carboxylic acids is 1. The summed E-state index contributed by atoms with van der Waals surface area (Å²) in [5.74, 6) is -0.490. The first-order valence-corrected chi connectivity index (χ1v) is 6.89. The van der Waals surface area contributed by atoms with Gasteiger partial charge in [-0.1, -0.05) is 25.5 Å². The zero-order valence-electron chi connectivity index (χ0n) is 12.3. The third kappa shape index (κ3) is 6.61. The number of methoxy groups -OCH3 is 1. The lowest BCUT2D eigenvalue weighted by atomic mass is 10.1. The number of ether oxygens (including phenoxy) is 1. The van der Waals surface area contributed by atoms with Crippen LogP contribution in [0.1, 0.15) is 31.7 Å². The molecule has 0 bridgehead atoms. The molecule has 21 heavy (non-hydrogen) atoms. The lowest BCUT2D eigenvalue weighted by Gasteiger charge is -2.14. The minimum atomic E-state index is -0.912. The van der Waals surface area contributed by atoms with E-state index < -0.39 is 5.97 Å². The molecular formula is C16H21NO4. The van der Waals surface area contributed by atoms with Crippen LogP contribution in [0.3, 0.4) is 0 Å². The molecule has 1 aromatic rings. The van der Waals surface area contributed by atoms with Crippen LogP contribution in [0.2, 0.25) is 0 Å². The largest absolute Gasteiger partial charge is 0.497 e. The van der Waals surface area contributed by atoms with Crippen molar-refractivity contribution in [1.82, 2.24) is 5.32 Å². The van der Waals surface area contributed by atoms with Crippen molar-refractivity contribution in [3.63, 3.8) is 0 Å². The van der Waals surface area contributed by atoms with Gasteiger partial charge in [0.05, 0.1) is 13.5 Å². The van der Waals surface area contributed by atoms with Gasteiger partial charge >= 0.3 is 5.97 Å². The Morgan fingerprint density at radius 2 is 2.19 bits per heavy atom. The SMILES string of the molecule is CCCC(CC(=O)O)NC(=O)/C=C/c1cccc(OC)c1. The van der Waals surface area contributed by atoms with Gasteiger partial charge in [0, 0.05) is 12.1 Å². The lowest BCUT2D eigenvalue weighted by molar-refractivity contribution is -0.137. The first kappa shape index (κ1) is 16.8. The normalized spacial score (nSPS) is 12.1. The van der Waals surface area contributed by atoms with Gasteiger partial charge in [-0.3, -0.25) is 9.59 Å². The summed E-state index contributed by atoms with van der Waals surface area (Å²) in [6.07, 6.45) is 4.47. The summed E-state index contributed by atoms with van der Waals surface area (Å²) in [5, 5.41) is 11.5. The first-order chi connectivity index (χ1) is 10.0. The number of aliphatic carboxylic acids is 1. The van der Waals surface area contributed by atoms with E-state index in [1.807, 2.05) is 31.2 Å². The van der Waals surface area contributed by atoms with Crippen molar-refractivity contribution in [2.45, 2.75) is 32.2 Å². The fourth-order valence-corrected chi connectivity index (χ4v) is 1.95. The molecule has 1 unspecified atom stereocenters. The van der Waals surface area contributed by atoms with E-state index in [2.05, 4.69) is 5.32 Å². The minimum Gasteiger partial charge on any atom is -0.497 e. The summed E-state index contributed by atoms with van der Waals surface area (Å²) in [6.45, 7) is 1.95. The van der Waals surface area contributed by atoms with E-state index in [-0.39, 0.29) is 18.4 Å². The average molecular weight is 291 g/mol. The Balaban J connectivity index is 2.61. The molecule has 0 aliphatic heterocycles. The van der Waals surface area contributed by atoms with Gasteiger partial charge in [-0.25, -0.2) is 0 Å². The van der Waals surface area contributed by atoms with Crippen molar-refractivity contribution in [1.29, 1.82) is 0 Å². The van der Waals surface area contributed by atoms with Gasteiger partial charge in [0.1, 0.15) is 5.75 Å². The van der Waals surface area contributed by atoms with E-state index >= 15 is 0 Å². The summed E-state index contributed by atoms with van der Waals surface area (Å²) < 4.78 is 5.10. The summed E-state index contributed by atoms with van der Waals surface area (Å²) >= 11 is 0. The highest BCUT2D eigenvalue weighted by molar-refractivity contribution is 5.92. The van der Waals surface area contributed by atoms with Crippen molar-refractivity contribution in [3.05, 3.63) is 35.9 Å². The number of amides is 1. The van der Waals surface area contributed by atoms with Gasteiger partial charge in [-0.05, 0) is 30.2 Å². The Bertz CT molecular complexity index is 511. The van der Waals surface area contributed by atoms with Gasteiger partial charge in [-0.2, -0.15) is 0 Å². The highest BCUT2D eigenvalue weighted by Gasteiger charge is 2.13. The van der Waals surface area contributed by atoms with Gasteiger partial charge < -0.3 is 15.2 Å². The minimum absolute atomic E-state index is 0.0629. The lowest BCUT2D eigenvalue weighted by Crippen LogP contribution is -2.35. The molecule has 5 nitrogen and oxygen atoms in total. The molecule has 114 valence electrons. The molecule has 0 fully saturated rings. The van der Waals surface area contributed by atoms with Gasteiger partial charge in [-0.15, -0.1) is 0 Å². The topological polar surface area (TPSA) is 75.6 Å². The third-order valence-electron chi connectivity index (χ3n) is 2.93. The third-order valence-corrected chi connectivity index (χ3v) is 2.93. The van der Waals surface area contributed by atoms with Crippen molar-refractivity contribution in [2.24, 2.45) is 0 Å². The molecule has 0 saturated heterocycles. The van der Waals surface area contributed by atoms with E-state index in [1.165, 1.54) is 6.08 Å². The number of carboxylic acid groups (broad SMARTS) is 1. The van der Waals surface area contributed by atoms with Crippen LogP contribution in [-0.2, 0) is 9.59 Å². The van der Waals surface area contributed by atoms with Crippen LogP contribution in [0.15, 0.2) is 30.3 Å².